The number of carbonyl (C=O) groups is 1. The number of hydrogen-bond acceptors (Lipinski definition) is 4. The van der Waals surface area contributed by atoms with Crippen LogP contribution in [0.15, 0.2) is 0 Å². The summed E-state index contributed by atoms with van der Waals surface area (Å²) < 4.78 is 77.9. The summed E-state index contributed by atoms with van der Waals surface area (Å²) in [5, 5.41) is -5.09. The van der Waals surface area contributed by atoms with Gasteiger partial charge in [0.1, 0.15) is 0 Å². The Morgan fingerprint density at radius 3 is 2.00 bits per heavy atom. The van der Waals surface area contributed by atoms with Gasteiger partial charge in [-0.25, -0.2) is 8.42 Å². The quantitative estimate of drug-likeness (QED) is 0.293. The summed E-state index contributed by atoms with van der Waals surface area (Å²) in [6.45, 7) is -0.409. The fraction of sp³-hybridized carbons (Fsp3) is 0.941. The summed E-state index contributed by atoms with van der Waals surface area (Å²) in [6.07, 6.45) is 4.30. The maximum atomic E-state index is 13.3. The smallest absolute Gasteiger partial charge is 0.404 e. The third kappa shape index (κ3) is 3.87. The molecule has 4 aliphatic rings. The molecule has 0 saturated heterocycles. The van der Waals surface area contributed by atoms with Gasteiger partial charge in [-0.3, -0.25) is 4.79 Å². The average molecular weight is 400 g/mol. The van der Waals surface area contributed by atoms with Gasteiger partial charge in [0, 0.05) is 12.8 Å². The largest absolute Gasteiger partial charge is 0.466 e. The van der Waals surface area contributed by atoms with Crippen molar-refractivity contribution in [2.75, 3.05) is 6.61 Å². The minimum absolute atomic E-state index is 0.258. The molecule has 4 saturated carbocycles. The minimum atomic E-state index is -5.09. The Kier molecular flexibility index (Phi) is 5.57. The van der Waals surface area contributed by atoms with E-state index >= 15 is 0 Å². The van der Waals surface area contributed by atoms with Crippen LogP contribution in [0.1, 0.15) is 51.4 Å². The SMILES string of the molecule is O=C(CC1C2CC3CC(C2)CC1C3)OCCCC(F)(F)C(F)(F)[SH](=O)=O. The summed E-state index contributed by atoms with van der Waals surface area (Å²) in [4.78, 5) is 12.0. The zero-order valence-corrected chi connectivity index (χ0v) is 15.2. The second-order valence-corrected chi connectivity index (χ2v) is 9.20. The molecule has 0 atom stereocenters. The van der Waals surface area contributed by atoms with Crippen LogP contribution in [-0.4, -0.2) is 32.2 Å². The maximum absolute atomic E-state index is 13.3. The van der Waals surface area contributed by atoms with E-state index in [0.717, 1.165) is 37.5 Å². The van der Waals surface area contributed by atoms with Crippen LogP contribution in [0, 0.1) is 29.6 Å². The molecule has 0 spiro atoms. The van der Waals surface area contributed by atoms with Crippen LogP contribution in [0.25, 0.3) is 0 Å². The van der Waals surface area contributed by atoms with Crippen molar-refractivity contribution in [2.45, 2.75) is 62.5 Å². The molecule has 0 aromatic rings. The van der Waals surface area contributed by atoms with Gasteiger partial charge in [-0.05, 0) is 68.1 Å². The van der Waals surface area contributed by atoms with Crippen LogP contribution in [0.2, 0.25) is 0 Å². The molecule has 0 N–H and O–H groups in total. The van der Waals surface area contributed by atoms with Gasteiger partial charge in [0.25, 0.3) is 0 Å². The van der Waals surface area contributed by atoms with Gasteiger partial charge in [-0.15, -0.1) is 0 Å². The van der Waals surface area contributed by atoms with Crippen LogP contribution < -0.4 is 0 Å². The molecule has 4 bridgehead atoms. The Bertz CT molecular complexity index is 584. The van der Waals surface area contributed by atoms with Gasteiger partial charge in [0.15, 0.2) is 0 Å². The van der Waals surface area contributed by atoms with Gasteiger partial charge in [-0.2, -0.15) is 17.6 Å². The number of hydrogen-bond donors (Lipinski definition) is 1. The van der Waals surface area contributed by atoms with Gasteiger partial charge in [-0.1, -0.05) is 0 Å². The predicted molar refractivity (Wildman–Crippen MR) is 85.6 cm³/mol. The zero-order chi connectivity index (χ0) is 19.1. The fourth-order valence-corrected chi connectivity index (χ4v) is 5.77. The lowest BCUT2D eigenvalue weighted by Crippen LogP contribution is -2.45. The van der Waals surface area contributed by atoms with Crippen molar-refractivity contribution < 1.29 is 35.5 Å². The molecular formula is C17H24F4O4S. The molecule has 0 heterocycles. The maximum Gasteiger partial charge on any atom is 0.404 e. The first-order chi connectivity index (χ1) is 12.1. The first kappa shape index (κ1) is 19.9. The lowest BCUT2D eigenvalue weighted by molar-refractivity contribution is -0.164. The number of ether oxygens (including phenoxy) is 1. The van der Waals surface area contributed by atoms with Gasteiger partial charge in [0.2, 0.25) is 10.7 Å². The van der Waals surface area contributed by atoms with E-state index in [4.69, 9.17) is 4.74 Å². The van der Waals surface area contributed by atoms with E-state index in [-0.39, 0.29) is 12.3 Å². The Morgan fingerprint density at radius 2 is 1.50 bits per heavy atom. The summed E-state index contributed by atoms with van der Waals surface area (Å²) >= 11 is 0. The van der Waals surface area contributed by atoms with E-state index in [1.54, 1.807) is 0 Å². The molecular weight excluding hydrogens is 376 g/mol. The second kappa shape index (κ2) is 7.28. The van der Waals surface area contributed by atoms with Crippen molar-refractivity contribution in [3.8, 4) is 0 Å². The highest BCUT2D eigenvalue weighted by Crippen LogP contribution is 2.57. The molecule has 0 aromatic carbocycles. The molecule has 0 aromatic heterocycles. The lowest BCUT2D eigenvalue weighted by Gasteiger charge is -2.54. The van der Waals surface area contributed by atoms with Gasteiger partial charge >= 0.3 is 17.1 Å². The Hall–Kier alpha value is -0.860. The highest BCUT2D eigenvalue weighted by molar-refractivity contribution is 7.73. The summed E-state index contributed by atoms with van der Waals surface area (Å²) in [6, 6.07) is 0. The number of esters is 1. The van der Waals surface area contributed by atoms with E-state index in [9.17, 15) is 30.8 Å². The third-order valence-electron chi connectivity index (χ3n) is 6.39. The van der Waals surface area contributed by atoms with Crippen LogP contribution in [0.3, 0.4) is 0 Å². The number of alkyl halides is 4. The lowest BCUT2D eigenvalue weighted by atomic mass is 9.51. The first-order valence-electron chi connectivity index (χ1n) is 9.16. The van der Waals surface area contributed by atoms with Gasteiger partial charge in [0.05, 0.1) is 6.61 Å². The van der Waals surface area contributed by atoms with Crippen molar-refractivity contribution in [2.24, 2.45) is 29.6 Å². The van der Waals surface area contributed by atoms with E-state index in [0.29, 0.717) is 11.8 Å². The van der Waals surface area contributed by atoms with Crippen LogP contribution in [0.5, 0.6) is 0 Å². The zero-order valence-electron chi connectivity index (χ0n) is 14.3. The van der Waals surface area contributed by atoms with E-state index in [1.165, 1.54) is 6.42 Å². The van der Waals surface area contributed by atoms with Crippen molar-refractivity contribution in [1.29, 1.82) is 0 Å². The molecule has 0 aliphatic heterocycles. The van der Waals surface area contributed by atoms with Crippen LogP contribution >= 0.6 is 0 Å². The Morgan fingerprint density at radius 1 is 0.962 bits per heavy atom. The van der Waals surface area contributed by atoms with E-state index in [1.807, 2.05) is 0 Å². The van der Waals surface area contributed by atoms with Crippen molar-refractivity contribution >= 4 is 16.7 Å². The van der Waals surface area contributed by atoms with Crippen LogP contribution in [0.4, 0.5) is 17.6 Å². The van der Waals surface area contributed by atoms with Crippen LogP contribution in [-0.2, 0) is 20.2 Å². The second-order valence-electron chi connectivity index (χ2n) is 8.13. The highest BCUT2D eigenvalue weighted by atomic mass is 32.2. The molecule has 0 amide bonds. The molecule has 4 fully saturated rings. The molecule has 150 valence electrons. The van der Waals surface area contributed by atoms with Gasteiger partial charge < -0.3 is 4.74 Å². The standard InChI is InChI=1S/C17H24F4O4S/c18-16(19,17(20,21)26(23)24)2-1-3-25-15(22)9-14-12-5-10-4-11(7-12)8-13(14)6-10/h10-14,26H,1-9H2. The number of halogens is 4. The number of carbonyl (C=O) groups excluding carboxylic acids is 1. The molecule has 0 unspecified atom stereocenters. The number of thiol groups is 1. The monoisotopic (exact) mass is 400 g/mol. The summed E-state index contributed by atoms with van der Waals surface area (Å²) in [5.41, 5.74) is 0. The molecule has 4 rings (SSSR count). The fourth-order valence-electron chi connectivity index (χ4n) is 5.39. The number of rotatable bonds is 8. The molecule has 4 aliphatic carbocycles. The normalized spacial score (nSPS) is 33.7. The van der Waals surface area contributed by atoms with Crippen molar-refractivity contribution in [3.05, 3.63) is 0 Å². The first-order valence-corrected chi connectivity index (χ1v) is 10.3. The predicted octanol–water partition coefficient (Wildman–Crippen LogP) is 3.61. The highest BCUT2D eigenvalue weighted by Gasteiger charge is 2.58. The molecule has 26 heavy (non-hydrogen) atoms. The van der Waals surface area contributed by atoms with E-state index < -0.39 is 47.3 Å². The van der Waals surface area contributed by atoms with Crippen molar-refractivity contribution in [1.82, 2.24) is 0 Å². The Labute approximate surface area is 151 Å². The molecule has 9 heteroatoms. The summed E-state index contributed by atoms with van der Waals surface area (Å²) in [7, 11) is -4.57. The molecule has 0 radical (unpaired) electrons. The van der Waals surface area contributed by atoms with Crippen molar-refractivity contribution in [3.63, 3.8) is 0 Å². The molecule has 4 nitrogen and oxygen atoms in total. The third-order valence-corrected chi connectivity index (χ3v) is 7.18. The summed E-state index contributed by atoms with van der Waals surface area (Å²) in [5.74, 6) is -2.23. The topological polar surface area (TPSA) is 60.4 Å². The minimum Gasteiger partial charge on any atom is -0.466 e. The average Bonchev–Trinajstić information content (AvgIpc) is 2.54. The van der Waals surface area contributed by atoms with E-state index in [2.05, 4.69) is 0 Å². The Balaban J connectivity index is 1.41.